The van der Waals surface area contributed by atoms with Crippen LogP contribution in [0.5, 0.6) is 11.5 Å². The number of benzene rings is 8. The maximum Gasteiger partial charge on any atom is 0.226 e. The van der Waals surface area contributed by atoms with Crippen LogP contribution in [-0.4, -0.2) is 53.4 Å². The van der Waals surface area contributed by atoms with Gasteiger partial charge in [0.25, 0.3) is 0 Å². The van der Waals surface area contributed by atoms with Crippen LogP contribution in [-0.2, 0) is 73.5 Å². The summed E-state index contributed by atoms with van der Waals surface area (Å²) in [7, 11) is 0. The van der Waals surface area contributed by atoms with Crippen molar-refractivity contribution in [2.24, 2.45) is 11.8 Å². The molecular weight excluding hydrogens is 1100 g/mol. The molecule has 0 aliphatic carbocycles. The molecule has 85 heavy (non-hydrogen) atoms. The molecule has 0 aromatic heterocycles. The smallest absolute Gasteiger partial charge is 0.226 e. The van der Waals surface area contributed by atoms with Crippen LogP contribution in [0.15, 0.2) is 194 Å². The number of halogens is 2. The van der Waals surface area contributed by atoms with Crippen LogP contribution in [0, 0.1) is 25.7 Å². The Kier molecular flexibility index (Phi) is 22.5. The molecule has 8 aromatic carbocycles. The van der Waals surface area contributed by atoms with Gasteiger partial charge >= 0.3 is 0 Å². The van der Waals surface area contributed by atoms with Crippen molar-refractivity contribution >= 4 is 23.2 Å². The molecule has 0 amide bonds. The molecular formula is C74H82Cl2O9. The zero-order chi connectivity index (χ0) is 59.9. The Morgan fingerprint density at radius 3 is 1.45 bits per heavy atom. The normalized spacial score (nSPS) is 23.0. The van der Waals surface area contributed by atoms with Crippen molar-refractivity contribution in [1.82, 2.24) is 0 Å². The van der Waals surface area contributed by atoms with E-state index in [1.165, 1.54) is 17.2 Å². The van der Waals surface area contributed by atoms with Gasteiger partial charge in [0, 0.05) is 21.9 Å². The number of phenolic OH excluding ortho intramolecular Hbond substituents is 1. The Balaban J connectivity index is 0.000000204. The maximum atomic E-state index is 12.6. The highest BCUT2D eigenvalue weighted by atomic mass is 35.5. The van der Waals surface area contributed by atoms with Gasteiger partial charge in [-0.3, -0.25) is 0 Å². The highest BCUT2D eigenvalue weighted by Crippen LogP contribution is 2.48. The predicted molar refractivity (Wildman–Crippen MR) is 339 cm³/mol. The van der Waals surface area contributed by atoms with Crippen LogP contribution >= 0.6 is 23.2 Å². The van der Waals surface area contributed by atoms with Gasteiger partial charge < -0.3 is 43.4 Å². The molecule has 2 N–H and O–H groups in total. The molecule has 1 unspecified atom stereocenters. The van der Waals surface area contributed by atoms with E-state index >= 15 is 0 Å². The first-order chi connectivity index (χ1) is 41.2. The van der Waals surface area contributed by atoms with Crippen molar-refractivity contribution in [1.29, 1.82) is 0 Å². The van der Waals surface area contributed by atoms with E-state index in [1.807, 2.05) is 123 Å². The second kappa shape index (κ2) is 30.3. The summed E-state index contributed by atoms with van der Waals surface area (Å²) >= 11 is 13.5. The molecule has 2 fully saturated rings. The zero-order valence-corrected chi connectivity index (χ0v) is 51.6. The molecule has 0 radical (unpaired) electrons. The third-order valence-corrected chi connectivity index (χ3v) is 17.2. The van der Waals surface area contributed by atoms with Gasteiger partial charge in [-0.15, -0.1) is 0 Å². The summed E-state index contributed by atoms with van der Waals surface area (Å²) < 4.78 is 45.6. The van der Waals surface area contributed by atoms with Crippen LogP contribution < -0.4 is 4.74 Å². The summed E-state index contributed by atoms with van der Waals surface area (Å²) in [6.45, 7) is 16.8. The first-order valence-electron chi connectivity index (χ1n) is 30.0. The van der Waals surface area contributed by atoms with Crippen molar-refractivity contribution in [3.05, 3.63) is 271 Å². The minimum Gasteiger partial charge on any atom is -0.507 e. The van der Waals surface area contributed by atoms with E-state index in [9.17, 15) is 10.2 Å². The lowest BCUT2D eigenvalue weighted by Gasteiger charge is -2.50. The molecule has 2 aliphatic rings. The van der Waals surface area contributed by atoms with E-state index in [2.05, 4.69) is 107 Å². The largest absolute Gasteiger partial charge is 0.507 e. The third kappa shape index (κ3) is 16.2. The molecule has 2 saturated heterocycles. The number of rotatable bonds is 22. The SMILES string of the molecule is CCOc1ccc(Cc2cc(C3(O)O[C@H](CC)[C@@H](C)[C@H](OCc4ccccc4)[C@H]3OCc3ccccc3)c(O)cc2Cl)cc1.CC[C@H]1O[C@@H](c2cc(Cc3ccc(C)cc3)c(Cl)cc2C)[C@H](OCc2ccccc2)[C@@H](OCc2ccccc2)[C@@H]1C. The highest BCUT2D eigenvalue weighted by Gasteiger charge is 2.56. The van der Waals surface area contributed by atoms with E-state index in [1.54, 1.807) is 6.07 Å². The second-order valence-electron chi connectivity index (χ2n) is 22.7. The van der Waals surface area contributed by atoms with Crippen molar-refractivity contribution in [3.63, 3.8) is 0 Å². The van der Waals surface area contributed by atoms with Gasteiger partial charge in [-0.1, -0.05) is 220 Å². The summed E-state index contributed by atoms with van der Waals surface area (Å²) in [6, 6.07) is 64.3. The Morgan fingerprint density at radius 1 is 0.494 bits per heavy atom. The molecule has 2 heterocycles. The minimum absolute atomic E-state index is 0.0491. The quantitative estimate of drug-likeness (QED) is 0.0686. The van der Waals surface area contributed by atoms with Crippen molar-refractivity contribution in [2.45, 2.75) is 149 Å². The molecule has 11 heteroatoms. The molecule has 10 rings (SSSR count). The van der Waals surface area contributed by atoms with Crippen LogP contribution in [0.3, 0.4) is 0 Å². The fourth-order valence-electron chi connectivity index (χ4n) is 11.7. The van der Waals surface area contributed by atoms with E-state index < -0.39 is 18.0 Å². The van der Waals surface area contributed by atoms with Crippen molar-refractivity contribution in [2.75, 3.05) is 6.61 Å². The van der Waals surface area contributed by atoms with Gasteiger partial charge in [0.05, 0.1) is 63.0 Å². The van der Waals surface area contributed by atoms with Crippen LogP contribution in [0.2, 0.25) is 10.0 Å². The summed E-state index contributed by atoms with van der Waals surface area (Å²) in [5, 5.41) is 25.0. The molecule has 0 spiro atoms. The Hall–Kier alpha value is -6.34. The number of aromatic hydroxyl groups is 1. The van der Waals surface area contributed by atoms with E-state index in [4.69, 9.17) is 56.4 Å². The molecule has 8 aromatic rings. The lowest BCUT2D eigenvalue weighted by atomic mass is 9.81. The molecule has 2 aliphatic heterocycles. The monoisotopic (exact) mass is 1180 g/mol. The van der Waals surface area contributed by atoms with E-state index in [0.29, 0.717) is 44.3 Å². The number of hydrogen-bond acceptors (Lipinski definition) is 9. The number of ether oxygens (including phenoxy) is 7. The number of phenols is 1. The van der Waals surface area contributed by atoms with Gasteiger partial charge in [0.2, 0.25) is 5.79 Å². The molecule has 0 saturated carbocycles. The minimum atomic E-state index is -2.02. The van der Waals surface area contributed by atoms with Gasteiger partial charge in [-0.2, -0.15) is 0 Å². The van der Waals surface area contributed by atoms with Gasteiger partial charge in [-0.05, 0) is 132 Å². The Bertz CT molecular complexity index is 3310. The van der Waals surface area contributed by atoms with Gasteiger partial charge in [-0.25, -0.2) is 0 Å². The topological polar surface area (TPSA) is 105 Å². The third-order valence-electron chi connectivity index (χ3n) is 16.5. The second-order valence-corrected chi connectivity index (χ2v) is 23.5. The molecule has 10 atom stereocenters. The Morgan fingerprint density at radius 2 is 0.941 bits per heavy atom. The first kappa shape index (κ1) is 63.2. The van der Waals surface area contributed by atoms with Crippen LogP contribution in [0.4, 0.5) is 0 Å². The van der Waals surface area contributed by atoms with Crippen LogP contribution in [0.25, 0.3) is 0 Å². The van der Waals surface area contributed by atoms with Crippen molar-refractivity contribution in [3.8, 4) is 11.5 Å². The summed E-state index contributed by atoms with van der Waals surface area (Å²) in [6.07, 6.45) is 0.237. The van der Waals surface area contributed by atoms with E-state index in [0.717, 1.165) is 73.7 Å². The van der Waals surface area contributed by atoms with Gasteiger partial charge in [0.15, 0.2) is 0 Å². The maximum absolute atomic E-state index is 12.6. The average Bonchev–Trinajstić information content (AvgIpc) is 3.55. The molecule has 0 bridgehead atoms. The fraction of sp³-hybridized carbons (Fsp3) is 0.351. The zero-order valence-electron chi connectivity index (χ0n) is 50.0. The lowest BCUT2D eigenvalue weighted by Crippen LogP contribution is -2.61. The summed E-state index contributed by atoms with van der Waals surface area (Å²) in [5.74, 6) is -1.35. The highest BCUT2D eigenvalue weighted by molar-refractivity contribution is 6.31. The fourth-order valence-corrected chi connectivity index (χ4v) is 12.2. The molecule has 446 valence electrons. The first-order valence-corrected chi connectivity index (χ1v) is 30.8. The standard InChI is InChI=1S/C37H41ClO6.C37H41ClO3/c1-4-34-25(3)35(42-23-27-12-8-6-9-13-27)36(43-24-28-14-10-7-11-15-28)37(40,44-34)31-21-29(32(38)22-33(31)39)20-26-16-18-30(19-17-26)41-5-2;1-5-34-27(4)35(39-23-29-12-8-6-9-13-29)37(40-24-30-14-10-7-11-15-30)36(41-34)32-22-31(33(38)20-26(32)3)21-28-18-16-25(2)17-19-28/h6-19,21-22,25,34-36,39-40H,4-5,20,23-24H2,1-3H3;6-20,22,27,34-37H,5,21,23-24H2,1-4H3/t25-,34-,35+,36-,37?;27-,34-,35+,36+,37-/m11/s1. The average molecular weight is 1190 g/mol. The van der Waals surface area contributed by atoms with Crippen LogP contribution in [0.1, 0.15) is 120 Å². The molecule has 9 nitrogen and oxygen atoms in total. The lowest BCUT2D eigenvalue weighted by molar-refractivity contribution is -0.361. The van der Waals surface area contributed by atoms with E-state index in [-0.39, 0.29) is 60.3 Å². The number of aryl methyl sites for hydroxylation is 2. The number of hydrogen-bond donors (Lipinski definition) is 2. The summed E-state index contributed by atoms with van der Waals surface area (Å²) in [5.41, 5.74) is 12.0. The van der Waals surface area contributed by atoms with Crippen molar-refractivity contribution < 1.29 is 43.4 Å². The Labute approximate surface area is 513 Å². The van der Waals surface area contributed by atoms with Gasteiger partial charge in [0.1, 0.15) is 29.8 Å². The summed E-state index contributed by atoms with van der Waals surface area (Å²) in [4.78, 5) is 0. The number of aliphatic hydroxyl groups is 1. The predicted octanol–water partition coefficient (Wildman–Crippen LogP) is 17.0.